The van der Waals surface area contributed by atoms with Gasteiger partial charge in [0.2, 0.25) is 0 Å². The lowest BCUT2D eigenvalue weighted by molar-refractivity contribution is 0.0783. The summed E-state index contributed by atoms with van der Waals surface area (Å²) >= 11 is 7.68. The van der Waals surface area contributed by atoms with Crippen LogP contribution >= 0.6 is 35.3 Å². The lowest BCUT2D eigenvalue weighted by Crippen LogP contribution is -2.26. The third kappa shape index (κ3) is 4.06. The standard InChI is InChI=1S/C15H17ClN2O2S.ClH/c1-9-4-5-10(21-9)8-18(2)15(19)11-6-12(16)13(17)7-14(11)20-3;/h4-7H,8,17H2,1-3H3;1H. The molecule has 22 heavy (non-hydrogen) atoms. The summed E-state index contributed by atoms with van der Waals surface area (Å²) in [6, 6.07) is 7.18. The summed E-state index contributed by atoms with van der Waals surface area (Å²) in [6.07, 6.45) is 0. The van der Waals surface area contributed by atoms with Crippen molar-refractivity contribution in [1.29, 1.82) is 0 Å². The number of benzene rings is 1. The van der Waals surface area contributed by atoms with Crippen LogP contribution in [0.5, 0.6) is 5.75 Å². The van der Waals surface area contributed by atoms with Gasteiger partial charge in [0.05, 0.1) is 29.9 Å². The minimum absolute atomic E-state index is 0. The summed E-state index contributed by atoms with van der Waals surface area (Å²) in [4.78, 5) is 16.5. The summed E-state index contributed by atoms with van der Waals surface area (Å²) in [5, 5.41) is 0.347. The highest BCUT2D eigenvalue weighted by Crippen LogP contribution is 2.30. The molecule has 0 saturated heterocycles. The molecule has 0 aliphatic rings. The molecule has 1 aromatic heterocycles. The van der Waals surface area contributed by atoms with E-state index in [0.717, 1.165) is 4.88 Å². The Kier molecular flexibility index (Phi) is 6.53. The summed E-state index contributed by atoms with van der Waals surface area (Å²) < 4.78 is 5.22. The maximum Gasteiger partial charge on any atom is 0.257 e. The second-order valence-electron chi connectivity index (χ2n) is 4.75. The van der Waals surface area contributed by atoms with Crippen LogP contribution in [0.3, 0.4) is 0 Å². The Bertz CT molecular complexity index is 674. The number of halogens is 2. The molecule has 0 aliphatic carbocycles. The van der Waals surface area contributed by atoms with Crippen molar-refractivity contribution in [3.05, 3.63) is 44.6 Å². The Labute approximate surface area is 145 Å². The number of nitrogen functional groups attached to an aromatic ring is 1. The van der Waals surface area contributed by atoms with Gasteiger partial charge in [-0.3, -0.25) is 4.79 Å². The molecule has 120 valence electrons. The van der Waals surface area contributed by atoms with Crippen molar-refractivity contribution in [1.82, 2.24) is 4.90 Å². The zero-order chi connectivity index (χ0) is 15.6. The van der Waals surface area contributed by atoms with E-state index in [1.54, 1.807) is 35.4 Å². The largest absolute Gasteiger partial charge is 0.496 e. The molecule has 0 unspecified atom stereocenters. The van der Waals surface area contributed by atoms with Gasteiger partial charge in [-0.1, -0.05) is 11.6 Å². The molecule has 4 nitrogen and oxygen atoms in total. The van der Waals surface area contributed by atoms with Crippen molar-refractivity contribution in [2.24, 2.45) is 0 Å². The number of hydrogen-bond acceptors (Lipinski definition) is 4. The molecule has 0 fully saturated rings. The highest BCUT2D eigenvalue weighted by molar-refractivity contribution is 7.11. The zero-order valence-corrected chi connectivity index (χ0v) is 14.9. The molecule has 0 atom stereocenters. The van der Waals surface area contributed by atoms with Crippen molar-refractivity contribution < 1.29 is 9.53 Å². The molecule has 7 heteroatoms. The Hall–Kier alpha value is -1.43. The third-order valence-electron chi connectivity index (χ3n) is 3.08. The van der Waals surface area contributed by atoms with Crippen LogP contribution in [0.4, 0.5) is 5.69 Å². The Morgan fingerprint density at radius 3 is 2.64 bits per heavy atom. The van der Waals surface area contributed by atoms with Gasteiger partial charge in [0.15, 0.2) is 0 Å². The van der Waals surface area contributed by atoms with E-state index in [4.69, 9.17) is 22.1 Å². The number of thiophene rings is 1. The number of amides is 1. The number of ether oxygens (including phenoxy) is 1. The lowest BCUT2D eigenvalue weighted by atomic mass is 10.1. The predicted molar refractivity (Wildman–Crippen MR) is 94.5 cm³/mol. The highest BCUT2D eigenvalue weighted by atomic mass is 35.5. The fourth-order valence-electron chi connectivity index (χ4n) is 1.99. The summed E-state index contributed by atoms with van der Waals surface area (Å²) in [5.41, 5.74) is 6.53. The van der Waals surface area contributed by atoms with Gasteiger partial charge >= 0.3 is 0 Å². The Morgan fingerprint density at radius 1 is 1.41 bits per heavy atom. The van der Waals surface area contributed by atoms with Gasteiger partial charge in [0.25, 0.3) is 5.91 Å². The fourth-order valence-corrected chi connectivity index (χ4v) is 3.09. The smallest absolute Gasteiger partial charge is 0.257 e. The van der Waals surface area contributed by atoms with Crippen LogP contribution in [0, 0.1) is 6.92 Å². The van der Waals surface area contributed by atoms with Crippen LogP contribution in [0.1, 0.15) is 20.1 Å². The van der Waals surface area contributed by atoms with Gasteiger partial charge < -0.3 is 15.4 Å². The summed E-state index contributed by atoms with van der Waals surface area (Å²) in [7, 11) is 3.25. The van der Waals surface area contributed by atoms with Crippen molar-refractivity contribution in [3.63, 3.8) is 0 Å². The van der Waals surface area contributed by atoms with Crippen LogP contribution in [0.25, 0.3) is 0 Å². The van der Waals surface area contributed by atoms with E-state index < -0.39 is 0 Å². The highest BCUT2D eigenvalue weighted by Gasteiger charge is 2.19. The minimum Gasteiger partial charge on any atom is -0.496 e. The second kappa shape index (κ2) is 7.72. The van der Waals surface area contributed by atoms with Crippen LogP contribution in [0.2, 0.25) is 5.02 Å². The number of hydrogen-bond donors (Lipinski definition) is 1. The van der Waals surface area contributed by atoms with Crippen molar-refractivity contribution in [2.45, 2.75) is 13.5 Å². The maximum absolute atomic E-state index is 12.6. The summed E-state index contributed by atoms with van der Waals surface area (Å²) in [5.74, 6) is 0.274. The van der Waals surface area contributed by atoms with E-state index in [0.29, 0.717) is 28.6 Å². The topological polar surface area (TPSA) is 55.6 Å². The molecule has 2 aromatic rings. The van der Waals surface area contributed by atoms with Gasteiger partial charge in [0.1, 0.15) is 5.75 Å². The first kappa shape index (κ1) is 18.6. The molecule has 0 radical (unpaired) electrons. The molecular weight excluding hydrogens is 343 g/mol. The lowest BCUT2D eigenvalue weighted by Gasteiger charge is -2.18. The number of anilines is 1. The molecule has 1 amide bonds. The van der Waals surface area contributed by atoms with Crippen molar-refractivity contribution in [2.75, 3.05) is 19.9 Å². The number of carbonyl (C=O) groups excluding carboxylic acids is 1. The van der Waals surface area contributed by atoms with Crippen molar-refractivity contribution >= 4 is 46.9 Å². The first-order valence-electron chi connectivity index (χ1n) is 6.36. The van der Waals surface area contributed by atoms with Crippen molar-refractivity contribution in [3.8, 4) is 5.75 Å². The van der Waals surface area contributed by atoms with Gasteiger partial charge in [-0.05, 0) is 25.1 Å². The Balaban J connectivity index is 0.00000242. The number of rotatable bonds is 4. The molecule has 2 rings (SSSR count). The van der Waals surface area contributed by atoms with E-state index in [1.807, 2.05) is 19.1 Å². The monoisotopic (exact) mass is 360 g/mol. The normalized spacial score (nSPS) is 10.0. The van der Waals surface area contributed by atoms with E-state index in [1.165, 1.54) is 12.0 Å². The number of carbonyl (C=O) groups is 1. The van der Waals surface area contributed by atoms with Gasteiger partial charge in [-0.2, -0.15) is 0 Å². The molecule has 0 saturated carbocycles. The molecule has 0 spiro atoms. The first-order chi connectivity index (χ1) is 9.92. The van der Waals surface area contributed by atoms with Crippen LogP contribution < -0.4 is 10.5 Å². The van der Waals surface area contributed by atoms with Gasteiger partial charge in [0, 0.05) is 22.9 Å². The SMILES string of the molecule is COc1cc(N)c(Cl)cc1C(=O)N(C)Cc1ccc(C)s1.Cl. The van der Waals surface area contributed by atoms with E-state index in [-0.39, 0.29) is 18.3 Å². The van der Waals surface area contributed by atoms with E-state index in [2.05, 4.69) is 0 Å². The Morgan fingerprint density at radius 2 is 2.09 bits per heavy atom. The van der Waals surface area contributed by atoms with Crippen LogP contribution in [-0.4, -0.2) is 25.0 Å². The summed E-state index contributed by atoms with van der Waals surface area (Å²) in [6.45, 7) is 2.58. The number of nitrogens with two attached hydrogens (primary N) is 1. The molecule has 0 aliphatic heterocycles. The molecular formula is C15H18Cl2N2O2S. The molecule has 0 bridgehead atoms. The van der Waals surface area contributed by atoms with Gasteiger partial charge in [-0.25, -0.2) is 0 Å². The fraction of sp³-hybridized carbons (Fsp3) is 0.267. The number of methoxy groups -OCH3 is 1. The average molecular weight is 361 g/mol. The second-order valence-corrected chi connectivity index (χ2v) is 6.53. The average Bonchev–Trinajstić information content (AvgIpc) is 2.85. The zero-order valence-electron chi connectivity index (χ0n) is 12.6. The first-order valence-corrected chi connectivity index (χ1v) is 7.55. The van der Waals surface area contributed by atoms with Crippen LogP contribution in [0.15, 0.2) is 24.3 Å². The van der Waals surface area contributed by atoms with Crippen LogP contribution in [-0.2, 0) is 6.54 Å². The number of aryl methyl sites for hydroxylation is 1. The quantitative estimate of drug-likeness (QED) is 0.838. The minimum atomic E-state index is -0.153. The van der Waals surface area contributed by atoms with E-state index in [9.17, 15) is 4.79 Å². The number of nitrogens with zero attached hydrogens (tertiary/aromatic N) is 1. The molecule has 1 heterocycles. The van der Waals surface area contributed by atoms with Gasteiger partial charge in [-0.15, -0.1) is 23.7 Å². The molecule has 2 N–H and O–H groups in total. The maximum atomic E-state index is 12.6. The third-order valence-corrected chi connectivity index (χ3v) is 4.40. The predicted octanol–water partition coefficient (Wildman–Crippen LogP) is 3.99. The molecule has 1 aromatic carbocycles. The van der Waals surface area contributed by atoms with E-state index >= 15 is 0 Å².